The second-order valence-electron chi connectivity index (χ2n) is 4.33. The van der Waals surface area contributed by atoms with Gasteiger partial charge in [-0.25, -0.2) is 0 Å². The fourth-order valence-electron chi connectivity index (χ4n) is 1.88. The van der Waals surface area contributed by atoms with E-state index in [1.165, 1.54) is 0 Å². The molecule has 0 bridgehead atoms. The Morgan fingerprint density at radius 3 is 2.42 bits per heavy atom. The van der Waals surface area contributed by atoms with Gasteiger partial charge in [0.05, 0.1) is 7.11 Å². The Hall–Kier alpha value is -2.07. The quantitative estimate of drug-likeness (QED) is 0.895. The molecule has 0 aliphatic carbocycles. The van der Waals surface area contributed by atoms with E-state index in [2.05, 4.69) is 4.98 Å². The van der Waals surface area contributed by atoms with Crippen LogP contribution in [0.2, 0.25) is 0 Å². The molecule has 1 aromatic carbocycles. The molecular formula is C15H18N2O2. The molecule has 1 heterocycles. The second kappa shape index (κ2) is 6.20. The minimum absolute atomic E-state index is 0.158. The Morgan fingerprint density at radius 2 is 1.84 bits per heavy atom. The highest BCUT2D eigenvalue weighted by atomic mass is 16.5. The number of nitrogens with zero attached hydrogens (tertiary/aromatic N) is 1. The van der Waals surface area contributed by atoms with Crippen LogP contribution in [-0.4, -0.2) is 18.1 Å². The fraction of sp³-hybridized carbons (Fsp3) is 0.267. The van der Waals surface area contributed by atoms with Crippen molar-refractivity contribution in [3.8, 4) is 11.5 Å². The number of hydrogen-bond donors (Lipinski definition) is 1. The summed E-state index contributed by atoms with van der Waals surface area (Å²) in [5.74, 6) is 1.37. The zero-order valence-electron chi connectivity index (χ0n) is 11.1. The molecule has 4 heteroatoms. The minimum Gasteiger partial charge on any atom is -0.493 e. The molecule has 0 fully saturated rings. The molecular weight excluding hydrogens is 240 g/mol. The van der Waals surface area contributed by atoms with Crippen molar-refractivity contribution in [2.45, 2.75) is 19.1 Å². The third kappa shape index (κ3) is 3.23. The second-order valence-corrected chi connectivity index (χ2v) is 4.33. The molecule has 0 aliphatic heterocycles. The van der Waals surface area contributed by atoms with Crippen molar-refractivity contribution in [2.75, 3.05) is 7.11 Å². The van der Waals surface area contributed by atoms with Gasteiger partial charge in [-0.05, 0) is 25.1 Å². The summed E-state index contributed by atoms with van der Waals surface area (Å²) < 4.78 is 11.3. The Morgan fingerprint density at radius 1 is 1.11 bits per heavy atom. The van der Waals surface area contributed by atoms with Gasteiger partial charge in [0.2, 0.25) is 0 Å². The molecule has 0 radical (unpaired) electrons. The van der Waals surface area contributed by atoms with Crippen molar-refractivity contribution < 1.29 is 9.47 Å². The largest absolute Gasteiger partial charge is 0.493 e. The molecule has 4 nitrogen and oxygen atoms in total. The van der Waals surface area contributed by atoms with Crippen LogP contribution in [0.4, 0.5) is 0 Å². The lowest BCUT2D eigenvalue weighted by molar-refractivity contribution is 0.173. The normalized spacial score (nSPS) is 13.6. The maximum absolute atomic E-state index is 6.01. The van der Waals surface area contributed by atoms with E-state index in [4.69, 9.17) is 15.2 Å². The van der Waals surface area contributed by atoms with E-state index in [1.54, 1.807) is 19.5 Å². The highest BCUT2D eigenvalue weighted by Crippen LogP contribution is 2.31. The molecule has 19 heavy (non-hydrogen) atoms. The van der Waals surface area contributed by atoms with E-state index in [1.807, 2.05) is 43.3 Å². The molecule has 1 aromatic heterocycles. The lowest BCUT2D eigenvalue weighted by atomic mass is 10.1. The first-order chi connectivity index (χ1) is 9.22. The fourth-order valence-corrected chi connectivity index (χ4v) is 1.88. The minimum atomic E-state index is -0.259. The summed E-state index contributed by atoms with van der Waals surface area (Å²) in [5.41, 5.74) is 6.96. The molecule has 2 N–H and O–H groups in total. The van der Waals surface area contributed by atoms with Gasteiger partial charge in [0.15, 0.2) is 11.5 Å². The highest BCUT2D eigenvalue weighted by molar-refractivity contribution is 5.40. The molecule has 2 atom stereocenters. The number of methoxy groups -OCH3 is 1. The van der Waals surface area contributed by atoms with Gasteiger partial charge in [-0.1, -0.05) is 18.2 Å². The molecule has 0 saturated heterocycles. The Balaban J connectivity index is 2.27. The van der Waals surface area contributed by atoms with Gasteiger partial charge >= 0.3 is 0 Å². The van der Waals surface area contributed by atoms with E-state index in [0.29, 0.717) is 11.5 Å². The van der Waals surface area contributed by atoms with Gasteiger partial charge in [0.25, 0.3) is 0 Å². The van der Waals surface area contributed by atoms with Gasteiger partial charge in [0, 0.05) is 24.0 Å². The number of hydrogen-bond acceptors (Lipinski definition) is 4. The van der Waals surface area contributed by atoms with Crippen LogP contribution in [-0.2, 0) is 0 Å². The molecule has 0 amide bonds. The monoisotopic (exact) mass is 258 g/mol. The van der Waals surface area contributed by atoms with Crippen molar-refractivity contribution in [3.63, 3.8) is 0 Å². The van der Waals surface area contributed by atoms with Crippen molar-refractivity contribution in [3.05, 3.63) is 54.4 Å². The van der Waals surface area contributed by atoms with E-state index in [0.717, 1.165) is 5.56 Å². The predicted molar refractivity (Wildman–Crippen MR) is 74.2 cm³/mol. The zero-order valence-corrected chi connectivity index (χ0v) is 11.1. The molecule has 2 unspecified atom stereocenters. The van der Waals surface area contributed by atoms with Gasteiger partial charge in [0.1, 0.15) is 6.10 Å². The average molecular weight is 258 g/mol. The number of pyridine rings is 1. The van der Waals surface area contributed by atoms with Gasteiger partial charge in [-0.2, -0.15) is 0 Å². The number of para-hydroxylation sites is 2. The van der Waals surface area contributed by atoms with E-state index in [9.17, 15) is 0 Å². The Kier molecular flexibility index (Phi) is 4.36. The van der Waals surface area contributed by atoms with Crippen LogP contribution < -0.4 is 15.2 Å². The number of ether oxygens (including phenoxy) is 2. The summed E-state index contributed by atoms with van der Waals surface area (Å²) in [6, 6.07) is 11.2. The number of benzene rings is 1. The maximum atomic E-state index is 6.01. The molecule has 2 aromatic rings. The molecule has 0 aliphatic rings. The van der Waals surface area contributed by atoms with Gasteiger partial charge in [-0.15, -0.1) is 0 Å². The van der Waals surface area contributed by atoms with Crippen molar-refractivity contribution in [1.29, 1.82) is 0 Å². The summed E-state index contributed by atoms with van der Waals surface area (Å²) >= 11 is 0. The summed E-state index contributed by atoms with van der Waals surface area (Å²) in [6.07, 6.45) is 3.24. The average Bonchev–Trinajstić information content (AvgIpc) is 2.45. The molecule has 0 spiro atoms. The standard InChI is InChI=1S/C15H18N2O2/c1-11(16)15(12-6-5-9-17-10-12)19-14-8-4-3-7-13(14)18-2/h3-11,15H,16H2,1-2H3. The first-order valence-corrected chi connectivity index (χ1v) is 6.17. The third-order valence-electron chi connectivity index (χ3n) is 2.81. The highest BCUT2D eigenvalue weighted by Gasteiger charge is 2.19. The number of aromatic nitrogens is 1. The van der Waals surface area contributed by atoms with Crippen molar-refractivity contribution in [1.82, 2.24) is 4.98 Å². The SMILES string of the molecule is COc1ccccc1OC(c1cccnc1)C(C)N. The van der Waals surface area contributed by atoms with Crippen LogP contribution in [0.15, 0.2) is 48.8 Å². The lowest BCUT2D eigenvalue weighted by Gasteiger charge is -2.23. The molecule has 0 saturated carbocycles. The first kappa shape index (κ1) is 13.4. The van der Waals surface area contributed by atoms with Crippen molar-refractivity contribution >= 4 is 0 Å². The van der Waals surface area contributed by atoms with Gasteiger partial charge in [-0.3, -0.25) is 4.98 Å². The Bertz CT molecular complexity index is 515. The topological polar surface area (TPSA) is 57.4 Å². The summed E-state index contributed by atoms with van der Waals surface area (Å²) in [6.45, 7) is 1.91. The first-order valence-electron chi connectivity index (χ1n) is 6.17. The van der Waals surface area contributed by atoms with E-state index in [-0.39, 0.29) is 12.1 Å². The van der Waals surface area contributed by atoms with Crippen LogP contribution in [0.25, 0.3) is 0 Å². The van der Waals surface area contributed by atoms with Crippen LogP contribution >= 0.6 is 0 Å². The van der Waals surface area contributed by atoms with Crippen LogP contribution in [0.3, 0.4) is 0 Å². The molecule has 100 valence electrons. The smallest absolute Gasteiger partial charge is 0.162 e. The van der Waals surface area contributed by atoms with Gasteiger partial charge < -0.3 is 15.2 Å². The van der Waals surface area contributed by atoms with Crippen molar-refractivity contribution in [2.24, 2.45) is 5.73 Å². The number of rotatable bonds is 5. The van der Waals surface area contributed by atoms with E-state index >= 15 is 0 Å². The predicted octanol–water partition coefficient (Wildman–Crippen LogP) is 2.56. The summed E-state index contributed by atoms with van der Waals surface area (Å²) in [4.78, 5) is 4.11. The zero-order chi connectivity index (χ0) is 13.7. The Labute approximate surface area is 113 Å². The lowest BCUT2D eigenvalue weighted by Crippen LogP contribution is -2.29. The third-order valence-corrected chi connectivity index (χ3v) is 2.81. The number of nitrogens with two attached hydrogens (primary N) is 1. The van der Waals surface area contributed by atoms with Crippen LogP contribution in [0, 0.1) is 0 Å². The molecule has 2 rings (SSSR count). The summed E-state index contributed by atoms with van der Waals surface area (Å²) in [7, 11) is 1.62. The van der Waals surface area contributed by atoms with Crippen LogP contribution in [0.5, 0.6) is 11.5 Å². The van der Waals surface area contributed by atoms with E-state index < -0.39 is 0 Å². The van der Waals surface area contributed by atoms with Crippen LogP contribution in [0.1, 0.15) is 18.6 Å². The maximum Gasteiger partial charge on any atom is 0.162 e. The summed E-state index contributed by atoms with van der Waals surface area (Å²) in [5, 5.41) is 0.